The summed E-state index contributed by atoms with van der Waals surface area (Å²) in [7, 11) is 0. The number of rotatable bonds is 7. The summed E-state index contributed by atoms with van der Waals surface area (Å²) in [5, 5.41) is 0. The molecule has 1 aromatic rings. The van der Waals surface area contributed by atoms with Crippen LogP contribution in [0, 0.1) is 0 Å². The van der Waals surface area contributed by atoms with Crippen LogP contribution in [0.25, 0.3) is 0 Å². The molecule has 1 unspecified atom stereocenters. The van der Waals surface area contributed by atoms with E-state index < -0.39 is 0 Å². The van der Waals surface area contributed by atoms with Crippen molar-refractivity contribution in [1.29, 1.82) is 0 Å². The molecule has 0 spiro atoms. The fraction of sp³-hybridized carbons (Fsp3) is 0.625. The van der Waals surface area contributed by atoms with Gasteiger partial charge in [0.2, 0.25) is 0 Å². The molecule has 1 aliphatic heterocycles. The van der Waals surface area contributed by atoms with Crippen LogP contribution in [0.15, 0.2) is 28.7 Å². The summed E-state index contributed by atoms with van der Waals surface area (Å²) in [5.41, 5.74) is 0. The molecule has 0 aliphatic carbocycles. The van der Waals surface area contributed by atoms with Gasteiger partial charge in [-0.05, 0) is 50.3 Å². The molecule has 4 heteroatoms. The zero-order chi connectivity index (χ0) is 14.4. The van der Waals surface area contributed by atoms with Crippen LogP contribution in [0.4, 0.5) is 0 Å². The number of benzene rings is 1. The number of hydrogen-bond acceptors (Lipinski definition) is 3. The first-order valence-electron chi connectivity index (χ1n) is 7.57. The molecule has 1 aromatic carbocycles. The van der Waals surface area contributed by atoms with Crippen molar-refractivity contribution >= 4 is 15.9 Å². The van der Waals surface area contributed by atoms with E-state index in [2.05, 4.69) is 39.6 Å². The van der Waals surface area contributed by atoms with Gasteiger partial charge >= 0.3 is 0 Å². The standard InChI is InChI=1S/C16H25BrN2O/c1-3-19(4-2)15-9-10-18(13-15)11-12-20-16-7-5-14(17)6-8-16/h5-8,15H,3-4,9-13H2,1-2H3. The molecule has 0 N–H and O–H groups in total. The van der Waals surface area contributed by atoms with Crippen molar-refractivity contribution in [3.05, 3.63) is 28.7 Å². The third kappa shape index (κ3) is 4.47. The Bertz CT molecular complexity index is 392. The van der Waals surface area contributed by atoms with Crippen molar-refractivity contribution in [1.82, 2.24) is 9.80 Å². The molecule has 20 heavy (non-hydrogen) atoms. The first kappa shape index (κ1) is 15.8. The van der Waals surface area contributed by atoms with Crippen LogP contribution in [0.1, 0.15) is 20.3 Å². The topological polar surface area (TPSA) is 15.7 Å². The number of likely N-dealkylation sites (tertiary alicyclic amines) is 1. The minimum absolute atomic E-state index is 0.734. The first-order valence-corrected chi connectivity index (χ1v) is 8.37. The van der Waals surface area contributed by atoms with Crippen molar-refractivity contribution in [2.24, 2.45) is 0 Å². The average Bonchev–Trinajstić information content (AvgIpc) is 2.91. The van der Waals surface area contributed by atoms with E-state index in [0.29, 0.717) is 0 Å². The fourth-order valence-corrected chi connectivity index (χ4v) is 3.14. The highest BCUT2D eigenvalue weighted by Crippen LogP contribution is 2.17. The molecule has 0 radical (unpaired) electrons. The number of nitrogens with zero attached hydrogens (tertiary/aromatic N) is 2. The molecular formula is C16H25BrN2O. The lowest BCUT2D eigenvalue weighted by molar-refractivity contribution is 0.195. The summed E-state index contributed by atoms with van der Waals surface area (Å²) in [6, 6.07) is 8.78. The van der Waals surface area contributed by atoms with E-state index in [9.17, 15) is 0 Å². The van der Waals surface area contributed by atoms with Crippen molar-refractivity contribution in [3.63, 3.8) is 0 Å². The van der Waals surface area contributed by atoms with Crippen LogP contribution < -0.4 is 4.74 Å². The molecule has 0 aromatic heterocycles. The minimum atomic E-state index is 0.734. The van der Waals surface area contributed by atoms with Gasteiger partial charge in [0.15, 0.2) is 0 Å². The first-order chi connectivity index (χ1) is 9.72. The van der Waals surface area contributed by atoms with Gasteiger partial charge in [0.1, 0.15) is 12.4 Å². The quantitative estimate of drug-likeness (QED) is 0.757. The Balaban J connectivity index is 1.69. The van der Waals surface area contributed by atoms with Crippen molar-refractivity contribution in [3.8, 4) is 5.75 Å². The average molecular weight is 341 g/mol. The zero-order valence-electron chi connectivity index (χ0n) is 12.5. The molecule has 112 valence electrons. The Labute approximate surface area is 131 Å². The number of likely N-dealkylation sites (N-methyl/N-ethyl adjacent to an activating group) is 1. The lowest BCUT2D eigenvalue weighted by Gasteiger charge is -2.26. The number of hydrogen-bond donors (Lipinski definition) is 0. The highest BCUT2D eigenvalue weighted by Gasteiger charge is 2.25. The van der Waals surface area contributed by atoms with Gasteiger partial charge < -0.3 is 4.74 Å². The predicted octanol–water partition coefficient (Wildman–Crippen LogP) is 3.24. The summed E-state index contributed by atoms with van der Waals surface area (Å²) in [6.45, 7) is 11.0. The van der Waals surface area contributed by atoms with Gasteiger partial charge in [-0.1, -0.05) is 29.8 Å². The molecule has 1 heterocycles. The molecule has 1 fully saturated rings. The monoisotopic (exact) mass is 340 g/mol. The Morgan fingerprint density at radius 2 is 1.95 bits per heavy atom. The van der Waals surface area contributed by atoms with Crippen LogP contribution in [0.5, 0.6) is 5.75 Å². The second-order valence-corrected chi connectivity index (χ2v) is 6.18. The zero-order valence-corrected chi connectivity index (χ0v) is 14.1. The van der Waals surface area contributed by atoms with E-state index in [1.54, 1.807) is 0 Å². The van der Waals surface area contributed by atoms with Crippen LogP contribution in [-0.4, -0.2) is 55.2 Å². The fourth-order valence-electron chi connectivity index (χ4n) is 2.88. The van der Waals surface area contributed by atoms with Crippen molar-refractivity contribution in [2.45, 2.75) is 26.3 Å². The predicted molar refractivity (Wildman–Crippen MR) is 87.4 cm³/mol. The molecule has 1 aliphatic rings. The normalized spacial score (nSPS) is 19.7. The van der Waals surface area contributed by atoms with Gasteiger partial charge in [0, 0.05) is 23.6 Å². The lowest BCUT2D eigenvalue weighted by atomic mass is 10.2. The molecule has 0 saturated carbocycles. The van der Waals surface area contributed by atoms with Gasteiger partial charge in [-0.15, -0.1) is 0 Å². The molecule has 0 amide bonds. The van der Waals surface area contributed by atoms with E-state index in [-0.39, 0.29) is 0 Å². The molecule has 0 bridgehead atoms. The SMILES string of the molecule is CCN(CC)C1CCN(CCOc2ccc(Br)cc2)C1. The molecule has 2 rings (SSSR count). The second-order valence-electron chi connectivity index (χ2n) is 5.27. The van der Waals surface area contributed by atoms with Gasteiger partial charge in [-0.25, -0.2) is 0 Å². The Kier molecular flexibility index (Phi) is 6.33. The lowest BCUT2D eigenvalue weighted by Crippen LogP contribution is -2.37. The molecule has 1 saturated heterocycles. The Morgan fingerprint density at radius 1 is 1.25 bits per heavy atom. The highest BCUT2D eigenvalue weighted by molar-refractivity contribution is 9.10. The van der Waals surface area contributed by atoms with Crippen LogP contribution in [0.2, 0.25) is 0 Å². The third-order valence-electron chi connectivity index (χ3n) is 4.07. The highest BCUT2D eigenvalue weighted by atomic mass is 79.9. The molecule has 3 nitrogen and oxygen atoms in total. The van der Waals surface area contributed by atoms with E-state index in [4.69, 9.17) is 4.74 Å². The van der Waals surface area contributed by atoms with E-state index in [0.717, 1.165) is 42.5 Å². The number of ether oxygens (including phenoxy) is 1. The van der Waals surface area contributed by atoms with Gasteiger partial charge in [0.25, 0.3) is 0 Å². The van der Waals surface area contributed by atoms with Crippen molar-refractivity contribution in [2.75, 3.05) is 39.3 Å². The van der Waals surface area contributed by atoms with Crippen LogP contribution in [0.3, 0.4) is 0 Å². The van der Waals surface area contributed by atoms with E-state index in [1.165, 1.54) is 19.5 Å². The van der Waals surface area contributed by atoms with E-state index in [1.807, 2.05) is 24.3 Å². The summed E-state index contributed by atoms with van der Waals surface area (Å²) in [6.07, 6.45) is 1.29. The maximum absolute atomic E-state index is 5.80. The Hall–Kier alpha value is -0.580. The maximum Gasteiger partial charge on any atom is 0.119 e. The van der Waals surface area contributed by atoms with E-state index >= 15 is 0 Å². The van der Waals surface area contributed by atoms with Gasteiger partial charge in [-0.2, -0.15) is 0 Å². The smallest absolute Gasteiger partial charge is 0.119 e. The molecular weight excluding hydrogens is 316 g/mol. The number of halogens is 1. The summed E-state index contributed by atoms with van der Waals surface area (Å²) in [4.78, 5) is 5.08. The summed E-state index contributed by atoms with van der Waals surface area (Å²) >= 11 is 3.43. The van der Waals surface area contributed by atoms with Crippen molar-refractivity contribution < 1.29 is 4.74 Å². The van der Waals surface area contributed by atoms with Gasteiger partial charge in [-0.3, -0.25) is 9.80 Å². The largest absolute Gasteiger partial charge is 0.492 e. The Morgan fingerprint density at radius 3 is 2.60 bits per heavy atom. The maximum atomic E-state index is 5.80. The molecule has 1 atom stereocenters. The minimum Gasteiger partial charge on any atom is -0.492 e. The second kappa shape index (κ2) is 8.01. The van der Waals surface area contributed by atoms with Gasteiger partial charge in [0.05, 0.1) is 0 Å². The summed E-state index contributed by atoms with van der Waals surface area (Å²) < 4.78 is 6.88. The van der Waals surface area contributed by atoms with Crippen LogP contribution in [-0.2, 0) is 0 Å². The third-order valence-corrected chi connectivity index (χ3v) is 4.59. The summed E-state index contributed by atoms with van der Waals surface area (Å²) in [5.74, 6) is 0.952. The van der Waals surface area contributed by atoms with Crippen LogP contribution >= 0.6 is 15.9 Å².